The van der Waals surface area contributed by atoms with Crippen LogP contribution < -0.4 is 10.5 Å². The second-order valence-corrected chi connectivity index (χ2v) is 6.86. The SMILES string of the molecule is COc1ccc(Cl)cc1C(=O)N1CC(N2CCC(C(N)=O)CC2)C1. The summed E-state index contributed by atoms with van der Waals surface area (Å²) in [6, 6.07) is 5.42. The molecule has 2 saturated heterocycles. The third-order valence-electron chi connectivity index (χ3n) is 4.99. The van der Waals surface area contributed by atoms with E-state index in [1.165, 1.54) is 0 Å². The van der Waals surface area contributed by atoms with Gasteiger partial charge in [0.05, 0.1) is 12.7 Å². The van der Waals surface area contributed by atoms with Crippen LogP contribution in [-0.2, 0) is 4.79 Å². The van der Waals surface area contributed by atoms with E-state index in [-0.39, 0.29) is 17.7 Å². The van der Waals surface area contributed by atoms with Crippen molar-refractivity contribution < 1.29 is 14.3 Å². The Bertz CT molecular complexity index is 638. The number of nitrogens with two attached hydrogens (primary N) is 1. The van der Waals surface area contributed by atoms with E-state index in [1.807, 2.05) is 0 Å². The molecule has 0 bridgehead atoms. The predicted octanol–water partition coefficient (Wildman–Crippen LogP) is 1.37. The number of hydrogen-bond donors (Lipinski definition) is 1. The van der Waals surface area contributed by atoms with Crippen molar-refractivity contribution in [3.8, 4) is 5.75 Å². The lowest BCUT2D eigenvalue weighted by Gasteiger charge is -2.47. The highest BCUT2D eigenvalue weighted by Gasteiger charge is 2.37. The number of halogens is 1. The third-order valence-corrected chi connectivity index (χ3v) is 5.22. The van der Waals surface area contributed by atoms with Gasteiger partial charge in [0.1, 0.15) is 5.75 Å². The van der Waals surface area contributed by atoms with Gasteiger partial charge in [0.15, 0.2) is 0 Å². The lowest BCUT2D eigenvalue weighted by Crippen LogP contribution is -2.62. The number of nitrogens with zero attached hydrogens (tertiary/aromatic N) is 2. The average molecular weight is 352 g/mol. The van der Waals surface area contributed by atoms with E-state index in [9.17, 15) is 9.59 Å². The number of benzene rings is 1. The summed E-state index contributed by atoms with van der Waals surface area (Å²) in [5.74, 6) is 0.274. The quantitative estimate of drug-likeness (QED) is 0.889. The first-order valence-electron chi connectivity index (χ1n) is 8.15. The van der Waals surface area contributed by atoms with Gasteiger partial charge in [-0.2, -0.15) is 0 Å². The number of ether oxygens (including phenoxy) is 1. The van der Waals surface area contributed by atoms with Crippen molar-refractivity contribution >= 4 is 23.4 Å². The summed E-state index contributed by atoms with van der Waals surface area (Å²) < 4.78 is 5.26. The zero-order chi connectivity index (χ0) is 17.3. The van der Waals surface area contributed by atoms with Crippen LogP contribution in [0.15, 0.2) is 18.2 Å². The van der Waals surface area contributed by atoms with E-state index < -0.39 is 0 Å². The number of amides is 2. The number of carbonyl (C=O) groups excluding carboxylic acids is 2. The minimum absolute atomic E-state index is 0.00483. The van der Waals surface area contributed by atoms with Crippen molar-refractivity contribution in [2.75, 3.05) is 33.3 Å². The molecule has 3 rings (SSSR count). The molecule has 24 heavy (non-hydrogen) atoms. The molecule has 2 aliphatic heterocycles. The second kappa shape index (κ2) is 6.99. The van der Waals surface area contributed by atoms with Crippen LogP contribution in [0.25, 0.3) is 0 Å². The van der Waals surface area contributed by atoms with Crippen molar-refractivity contribution in [2.24, 2.45) is 11.7 Å². The molecule has 0 atom stereocenters. The molecular formula is C17H22ClN3O3. The Morgan fingerprint density at radius 3 is 2.50 bits per heavy atom. The molecule has 0 saturated carbocycles. The molecule has 0 aromatic heterocycles. The van der Waals surface area contributed by atoms with Gasteiger partial charge in [0.25, 0.3) is 5.91 Å². The molecule has 130 valence electrons. The number of carbonyl (C=O) groups is 2. The molecule has 1 aromatic carbocycles. The van der Waals surface area contributed by atoms with Gasteiger partial charge in [0, 0.05) is 30.1 Å². The summed E-state index contributed by atoms with van der Waals surface area (Å²) in [6.07, 6.45) is 1.61. The molecule has 6 nitrogen and oxygen atoms in total. The zero-order valence-electron chi connectivity index (χ0n) is 13.7. The Balaban J connectivity index is 1.56. The fourth-order valence-corrected chi connectivity index (χ4v) is 3.59. The molecule has 0 aliphatic carbocycles. The maximum Gasteiger partial charge on any atom is 0.257 e. The van der Waals surface area contributed by atoms with Crippen molar-refractivity contribution in [3.05, 3.63) is 28.8 Å². The van der Waals surface area contributed by atoms with Crippen LogP contribution in [0.3, 0.4) is 0 Å². The summed E-state index contributed by atoms with van der Waals surface area (Å²) in [5, 5.41) is 0.518. The Kier molecular flexibility index (Phi) is 4.96. The number of piperidine rings is 1. The standard InChI is InChI=1S/C17H22ClN3O3/c1-24-15-3-2-12(18)8-14(15)17(23)21-9-13(10-21)20-6-4-11(5-7-20)16(19)22/h2-3,8,11,13H,4-7,9-10H2,1H3,(H2,19,22). The molecule has 2 heterocycles. The van der Waals surface area contributed by atoms with Gasteiger partial charge in [-0.05, 0) is 44.1 Å². The number of likely N-dealkylation sites (tertiary alicyclic amines) is 2. The number of hydrogen-bond acceptors (Lipinski definition) is 4. The van der Waals surface area contributed by atoms with Gasteiger partial charge in [-0.15, -0.1) is 0 Å². The lowest BCUT2D eigenvalue weighted by molar-refractivity contribution is -0.123. The van der Waals surface area contributed by atoms with Crippen LogP contribution in [0.5, 0.6) is 5.75 Å². The van der Waals surface area contributed by atoms with E-state index in [2.05, 4.69) is 4.90 Å². The van der Waals surface area contributed by atoms with Crippen LogP contribution in [-0.4, -0.2) is 60.9 Å². The molecule has 0 radical (unpaired) electrons. The molecule has 1 aromatic rings. The van der Waals surface area contributed by atoms with E-state index in [0.29, 0.717) is 35.5 Å². The van der Waals surface area contributed by atoms with E-state index >= 15 is 0 Å². The molecule has 7 heteroatoms. The van der Waals surface area contributed by atoms with Crippen LogP contribution in [0.4, 0.5) is 0 Å². The molecule has 0 unspecified atom stereocenters. The maximum atomic E-state index is 12.6. The van der Waals surface area contributed by atoms with Crippen LogP contribution in [0.2, 0.25) is 5.02 Å². The Labute approximate surface area is 146 Å². The van der Waals surface area contributed by atoms with Crippen molar-refractivity contribution in [3.63, 3.8) is 0 Å². The number of methoxy groups -OCH3 is 1. The Hall–Kier alpha value is -1.79. The summed E-state index contributed by atoms with van der Waals surface area (Å²) in [7, 11) is 1.54. The van der Waals surface area contributed by atoms with E-state index in [0.717, 1.165) is 25.9 Å². The van der Waals surface area contributed by atoms with Gasteiger partial charge in [0.2, 0.25) is 5.91 Å². The van der Waals surface area contributed by atoms with Crippen molar-refractivity contribution in [2.45, 2.75) is 18.9 Å². The first-order chi connectivity index (χ1) is 11.5. The first-order valence-corrected chi connectivity index (χ1v) is 8.53. The highest BCUT2D eigenvalue weighted by molar-refractivity contribution is 6.31. The van der Waals surface area contributed by atoms with Crippen LogP contribution >= 0.6 is 11.6 Å². The smallest absolute Gasteiger partial charge is 0.257 e. The number of primary amides is 1. The van der Waals surface area contributed by atoms with Gasteiger partial charge < -0.3 is 15.4 Å². The van der Waals surface area contributed by atoms with Gasteiger partial charge in [-0.1, -0.05) is 11.6 Å². The summed E-state index contributed by atoms with van der Waals surface area (Å²) in [6.45, 7) is 3.10. The molecule has 2 fully saturated rings. The van der Waals surface area contributed by atoms with Crippen molar-refractivity contribution in [1.29, 1.82) is 0 Å². The predicted molar refractivity (Wildman–Crippen MR) is 91.2 cm³/mol. The summed E-state index contributed by atoms with van der Waals surface area (Å²) >= 11 is 6.00. The topological polar surface area (TPSA) is 75.9 Å². The zero-order valence-corrected chi connectivity index (χ0v) is 14.5. The maximum absolute atomic E-state index is 12.6. The summed E-state index contributed by atoms with van der Waals surface area (Å²) in [4.78, 5) is 28.0. The molecule has 2 aliphatic rings. The fraction of sp³-hybridized carbons (Fsp3) is 0.529. The van der Waals surface area contributed by atoms with Crippen LogP contribution in [0, 0.1) is 5.92 Å². The molecule has 0 spiro atoms. The van der Waals surface area contributed by atoms with Gasteiger partial charge >= 0.3 is 0 Å². The molecular weight excluding hydrogens is 330 g/mol. The highest BCUT2D eigenvalue weighted by atomic mass is 35.5. The third kappa shape index (κ3) is 3.35. The molecule has 2 amide bonds. The fourth-order valence-electron chi connectivity index (χ4n) is 3.42. The van der Waals surface area contributed by atoms with E-state index in [4.69, 9.17) is 22.1 Å². The average Bonchev–Trinajstić information content (AvgIpc) is 2.53. The molecule has 2 N–H and O–H groups in total. The van der Waals surface area contributed by atoms with Gasteiger partial charge in [-0.3, -0.25) is 14.5 Å². The second-order valence-electron chi connectivity index (χ2n) is 6.42. The highest BCUT2D eigenvalue weighted by Crippen LogP contribution is 2.28. The largest absolute Gasteiger partial charge is 0.496 e. The van der Waals surface area contributed by atoms with Crippen molar-refractivity contribution in [1.82, 2.24) is 9.80 Å². The van der Waals surface area contributed by atoms with Crippen LogP contribution in [0.1, 0.15) is 23.2 Å². The van der Waals surface area contributed by atoms with Gasteiger partial charge in [-0.25, -0.2) is 0 Å². The Morgan fingerprint density at radius 2 is 1.92 bits per heavy atom. The minimum Gasteiger partial charge on any atom is -0.496 e. The normalized spacial score (nSPS) is 19.8. The lowest BCUT2D eigenvalue weighted by atomic mass is 9.93. The minimum atomic E-state index is -0.201. The monoisotopic (exact) mass is 351 g/mol. The first kappa shape index (κ1) is 17.0. The van der Waals surface area contributed by atoms with E-state index in [1.54, 1.807) is 30.2 Å². The number of rotatable bonds is 4. The summed E-state index contributed by atoms with van der Waals surface area (Å²) in [5.41, 5.74) is 5.86. The Morgan fingerprint density at radius 1 is 1.25 bits per heavy atom.